The number of aromatic nitrogens is 1. The maximum absolute atomic E-state index is 12.9. The van der Waals surface area contributed by atoms with E-state index in [1.807, 2.05) is 74.5 Å². The smallest absolute Gasteiger partial charge is 0.251 e. The van der Waals surface area contributed by atoms with Crippen LogP contribution in [0.4, 0.5) is 0 Å². The van der Waals surface area contributed by atoms with Crippen molar-refractivity contribution in [2.24, 2.45) is 0 Å². The maximum atomic E-state index is 12.9. The van der Waals surface area contributed by atoms with Crippen LogP contribution in [0.25, 0.3) is 0 Å². The summed E-state index contributed by atoms with van der Waals surface area (Å²) in [4.78, 5) is 30.0. The molecule has 2 aromatic carbocycles. The van der Waals surface area contributed by atoms with E-state index < -0.39 is 6.04 Å². The second kappa shape index (κ2) is 10.3. The number of nitrogens with zero attached hydrogens (tertiary/aromatic N) is 1. The Kier molecular flexibility index (Phi) is 7.33. The summed E-state index contributed by atoms with van der Waals surface area (Å²) in [6, 6.07) is 20.3. The van der Waals surface area contributed by atoms with Gasteiger partial charge in [-0.25, -0.2) is 0 Å². The number of carbonyl (C=O) groups is 2. The van der Waals surface area contributed by atoms with Crippen molar-refractivity contribution < 1.29 is 9.59 Å². The van der Waals surface area contributed by atoms with Crippen LogP contribution in [0.2, 0.25) is 0 Å². The fourth-order valence-electron chi connectivity index (χ4n) is 3.17. The molecule has 0 bridgehead atoms. The Bertz CT molecular complexity index is 988. The third-order valence-electron chi connectivity index (χ3n) is 5.08. The number of amides is 2. The molecule has 3 rings (SSSR count). The van der Waals surface area contributed by atoms with Gasteiger partial charge in [0.05, 0.1) is 0 Å². The van der Waals surface area contributed by atoms with E-state index in [0.717, 1.165) is 22.4 Å². The molecule has 5 nitrogen and oxygen atoms in total. The molecule has 30 heavy (non-hydrogen) atoms. The van der Waals surface area contributed by atoms with Gasteiger partial charge in [-0.2, -0.15) is 0 Å². The Morgan fingerprint density at radius 3 is 2.40 bits per heavy atom. The summed E-state index contributed by atoms with van der Waals surface area (Å²) in [7, 11) is 0. The summed E-state index contributed by atoms with van der Waals surface area (Å²) in [5, 5.41) is 5.85. The highest BCUT2D eigenvalue weighted by Crippen LogP contribution is 2.11. The molecule has 0 spiro atoms. The van der Waals surface area contributed by atoms with Crippen LogP contribution in [-0.4, -0.2) is 29.4 Å². The average molecular weight is 402 g/mol. The van der Waals surface area contributed by atoms with Crippen LogP contribution >= 0.6 is 0 Å². The zero-order valence-electron chi connectivity index (χ0n) is 17.4. The molecule has 0 fully saturated rings. The highest BCUT2D eigenvalue weighted by atomic mass is 16.2. The molecular formula is C25H27N3O2. The van der Waals surface area contributed by atoms with Crippen molar-refractivity contribution in [3.63, 3.8) is 0 Å². The van der Waals surface area contributed by atoms with Crippen molar-refractivity contribution in [3.8, 4) is 0 Å². The number of hydrogen-bond donors (Lipinski definition) is 2. The fraction of sp³-hybridized carbons (Fsp3) is 0.240. The molecule has 0 aliphatic rings. The molecule has 1 atom stereocenters. The normalized spacial score (nSPS) is 11.5. The number of rotatable bonds is 8. The molecule has 0 aliphatic carbocycles. The SMILES string of the molecule is Cc1ccc(C(=O)N[C@H](Cc2ccccc2)C(=O)NCCc2ccccn2)cc1C. The Morgan fingerprint density at radius 1 is 0.933 bits per heavy atom. The third-order valence-corrected chi connectivity index (χ3v) is 5.08. The second-order valence-electron chi connectivity index (χ2n) is 7.38. The highest BCUT2D eigenvalue weighted by Gasteiger charge is 2.22. The van der Waals surface area contributed by atoms with Gasteiger partial charge in [0.15, 0.2) is 0 Å². The molecular weight excluding hydrogens is 374 g/mol. The van der Waals surface area contributed by atoms with Crippen molar-refractivity contribution in [1.29, 1.82) is 0 Å². The van der Waals surface area contributed by atoms with Crippen LogP contribution in [0.3, 0.4) is 0 Å². The number of benzene rings is 2. The van der Waals surface area contributed by atoms with Gasteiger partial charge >= 0.3 is 0 Å². The first kappa shape index (κ1) is 21.2. The minimum Gasteiger partial charge on any atom is -0.354 e. The summed E-state index contributed by atoms with van der Waals surface area (Å²) in [6.45, 7) is 4.43. The molecule has 2 amide bonds. The first-order valence-corrected chi connectivity index (χ1v) is 10.1. The molecule has 0 radical (unpaired) electrons. The molecule has 0 saturated carbocycles. The van der Waals surface area contributed by atoms with Crippen molar-refractivity contribution >= 4 is 11.8 Å². The topological polar surface area (TPSA) is 71.1 Å². The van der Waals surface area contributed by atoms with E-state index in [0.29, 0.717) is 24.9 Å². The molecule has 3 aromatic rings. The van der Waals surface area contributed by atoms with Gasteiger partial charge in [-0.15, -0.1) is 0 Å². The standard InChI is InChI=1S/C25H27N3O2/c1-18-11-12-21(16-19(18)2)24(29)28-23(17-20-8-4-3-5-9-20)25(30)27-15-13-22-10-6-7-14-26-22/h3-12,14,16,23H,13,15,17H2,1-2H3,(H,27,30)(H,28,29)/t23-/m1/s1. The predicted molar refractivity (Wildman–Crippen MR) is 118 cm³/mol. The van der Waals surface area contributed by atoms with Crippen LogP contribution in [0, 0.1) is 13.8 Å². The minimum absolute atomic E-state index is 0.202. The van der Waals surface area contributed by atoms with E-state index >= 15 is 0 Å². The zero-order valence-corrected chi connectivity index (χ0v) is 17.4. The lowest BCUT2D eigenvalue weighted by Gasteiger charge is -2.19. The fourth-order valence-corrected chi connectivity index (χ4v) is 3.17. The lowest BCUT2D eigenvalue weighted by molar-refractivity contribution is -0.122. The second-order valence-corrected chi connectivity index (χ2v) is 7.38. The minimum atomic E-state index is -0.662. The Balaban J connectivity index is 1.68. The molecule has 0 aliphatic heterocycles. The van der Waals surface area contributed by atoms with Crippen molar-refractivity contribution in [2.45, 2.75) is 32.7 Å². The van der Waals surface area contributed by atoms with Gasteiger partial charge in [0.1, 0.15) is 6.04 Å². The van der Waals surface area contributed by atoms with Gasteiger partial charge in [0.25, 0.3) is 5.91 Å². The lowest BCUT2D eigenvalue weighted by atomic mass is 10.0. The van der Waals surface area contributed by atoms with E-state index in [4.69, 9.17) is 0 Å². The summed E-state index contributed by atoms with van der Waals surface area (Å²) < 4.78 is 0. The molecule has 5 heteroatoms. The quantitative estimate of drug-likeness (QED) is 0.608. The average Bonchev–Trinajstić information content (AvgIpc) is 2.76. The zero-order chi connectivity index (χ0) is 21.3. The summed E-state index contributed by atoms with van der Waals surface area (Å²) >= 11 is 0. The molecule has 1 heterocycles. The van der Waals surface area contributed by atoms with Crippen molar-refractivity contribution in [3.05, 3.63) is 101 Å². The van der Waals surface area contributed by atoms with Crippen molar-refractivity contribution in [2.75, 3.05) is 6.54 Å². The van der Waals surface area contributed by atoms with E-state index in [2.05, 4.69) is 15.6 Å². The van der Waals surface area contributed by atoms with Gasteiger partial charge in [0, 0.05) is 36.8 Å². The molecule has 1 aromatic heterocycles. The summed E-state index contributed by atoms with van der Waals surface area (Å²) in [6.07, 6.45) is 2.79. The third kappa shape index (κ3) is 6.01. The monoisotopic (exact) mass is 401 g/mol. The predicted octanol–water partition coefficient (Wildman–Crippen LogP) is 3.40. The van der Waals surface area contributed by atoms with Crippen LogP contribution in [0.1, 0.15) is 32.7 Å². The van der Waals surface area contributed by atoms with E-state index in [9.17, 15) is 9.59 Å². The molecule has 154 valence electrons. The van der Waals surface area contributed by atoms with E-state index in [1.165, 1.54) is 0 Å². The van der Waals surface area contributed by atoms with Gasteiger partial charge in [-0.3, -0.25) is 14.6 Å². The number of pyridine rings is 1. The first-order valence-electron chi connectivity index (χ1n) is 10.1. The number of hydrogen-bond acceptors (Lipinski definition) is 3. The largest absolute Gasteiger partial charge is 0.354 e. The van der Waals surface area contributed by atoms with Crippen LogP contribution in [-0.2, 0) is 17.6 Å². The van der Waals surface area contributed by atoms with Crippen LogP contribution < -0.4 is 10.6 Å². The number of nitrogens with one attached hydrogen (secondary N) is 2. The Hall–Kier alpha value is -3.47. The molecule has 2 N–H and O–H groups in total. The Labute approximate surface area is 177 Å². The molecule has 0 unspecified atom stereocenters. The van der Waals surface area contributed by atoms with Gasteiger partial charge in [-0.1, -0.05) is 42.5 Å². The van der Waals surface area contributed by atoms with Gasteiger partial charge in [0.2, 0.25) is 5.91 Å². The Morgan fingerprint density at radius 2 is 1.70 bits per heavy atom. The van der Waals surface area contributed by atoms with Crippen LogP contribution in [0.5, 0.6) is 0 Å². The summed E-state index contributed by atoms with van der Waals surface area (Å²) in [5.41, 5.74) is 4.62. The lowest BCUT2D eigenvalue weighted by Crippen LogP contribution is -2.48. The number of aryl methyl sites for hydroxylation is 2. The van der Waals surface area contributed by atoms with Gasteiger partial charge in [-0.05, 0) is 54.8 Å². The maximum Gasteiger partial charge on any atom is 0.251 e. The van der Waals surface area contributed by atoms with Crippen molar-refractivity contribution in [1.82, 2.24) is 15.6 Å². The number of carbonyl (C=O) groups excluding carboxylic acids is 2. The summed E-state index contributed by atoms with van der Waals surface area (Å²) in [5.74, 6) is -0.453. The van der Waals surface area contributed by atoms with E-state index in [1.54, 1.807) is 12.3 Å². The molecule has 0 saturated heterocycles. The van der Waals surface area contributed by atoms with Crippen LogP contribution in [0.15, 0.2) is 72.9 Å². The first-order chi connectivity index (χ1) is 14.5. The van der Waals surface area contributed by atoms with Gasteiger partial charge < -0.3 is 10.6 Å². The highest BCUT2D eigenvalue weighted by molar-refractivity contribution is 5.97. The van der Waals surface area contributed by atoms with E-state index in [-0.39, 0.29) is 11.8 Å².